The molecule has 0 atom stereocenters. The van der Waals surface area contributed by atoms with Crippen LogP contribution in [0.25, 0.3) is 0 Å². The van der Waals surface area contributed by atoms with E-state index in [4.69, 9.17) is 0 Å². The quantitative estimate of drug-likeness (QED) is 0.777. The maximum atomic E-state index is 13.5. The molecular formula is C14H12Br2FNO. The largest absolute Gasteiger partial charge is 0.506 e. The van der Waals surface area contributed by atoms with E-state index in [1.807, 2.05) is 19.1 Å². The Kier molecular flexibility index (Phi) is 4.47. The van der Waals surface area contributed by atoms with Crippen LogP contribution >= 0.6 is 31.9 Å². The number of rotatable bonds is 3. The van der Waals surface area contributed by atoms with E-state index in [2.05, 4.69) is 37.2 Å². The zero-order valence-electron chi connectivity index (χ0n) is 10.2. The summed E-state index contributed by atoms with van der Waals surface area (Å²) in [4.78, 5) is 0. The van der Waals surface area contributed by atoms with Crippen LogP contribution in [0.15, 0.2) is 39.3 Å². The van der Waals surface area contributed by atoms with Gasteiger partial charge in [0.05, 0.1) is 8.95 Å². The van der Waals surface area contributed by atoms with Crippen LogP contribution in [0.3, 0.4) is 0 Å². The summed E-state index contributed by atoms with van der Waals surface area (Å²) in [6, 6.07) is 8.59. The number of aromatic hydroxyl groups is 1. The van der Waals surface area contributed by atoms with Gasteiger partial charge in [-0.2, -0.15) is 0 Å². The predicted molar refractivity (Wildman–Crippen MR) is 82.0 cm³/mol. The van der Waals surface area contributed by atoms with Gasteiger partial charge in [0, 0.05) is 17.8 Å². The summed E-state index contributed by atoms with van der Waals surface area (Å²) in [7, 11) is 0. The van der Waals surface area contributed by atoms with E-state index < -0.39 is 0 Å². The fraction of sp³-hybridized carbons (Fsp3) is 0.143. The average Bonchev–Trinajstić information content (AvgIpc) is 2.37. The average molecular weight is 389 g/mol. The molecule has 0 fully saturated rings. The van der Waals surface area contributed by atoms with Crippen LogP contribution in [0, 0.1) is 12.7 Å². The van der Waals surface area contributed by atoms with Crippen molar-refractivity contribution in [2.45, 2.75) is 13.5 Å². The number of aryl methyl sites for hydroxylation is 1. The molecule has 0 aliphatic heterocycles. The monoisotopic (exact) mass is 387 g/mol. The summed E-state index contributed by atoms with van der Waals surface area (Å²) < 4.78 is 14.6. The first kappa shape index (κ1) is 14.3. The maximum absolute atomic E-state index is 13.5. The summed E-state index contributed by atoms with van der Waals surface area (Å²) in [5.41, 5.74) is 2.39. The van der Waals surface area contributed by atoms with Crippen molar-refractivity contribution < 1.29 is 9.50 Å². The Morgan fingerprint density at radius 2 is 1.95 bits per heavy atom. The molecule has 0 heterocycles. The summed E-state index contributed by atoms with van der Waals surface area (Å²) >= 11 is 6.41. The third kappa shape index (κ3) is 3.28. The predicted octanol–water partition coefficient (Wildman–Crippen LogP) is 4.98. The lowest BCUT2D eigenvalue weighted by atomic mass is 10.1. The van der Waals surface area contributed by atoms with Gasteiger partial charge in [0.2, 0.25) is 0 Å². The van der Waals surface area contributed by atoms with Gasteiger partial charge in [0.15, 0.2) is 0 Å². The van der Waals surface area contributed by atoms with Gasteiger partial charge in [-0.15, -0.1) is 0 Å². The molecule has 0 saturated carbocycles. The third-order valence-corrected chi connectivity index (χ3v) is 4.05. The zero-order chi connectivity index (χ0) is 14.0. The van der Waals surface area contributed by atoms with Gasteiger partial charge >= 0.3 is 0 Å². The first-order valence-corrected chi connectivity index (χ1v) is 7.23. The number of anilines is 1. The van der Waals surface area contributed by atoms with Gasteiger partial charge in [0.25, 0.3) is 0 Å². The Hall–Kier alpha value is -1.07. The number of hydrogen-bond acceptors (Lipinski definition) is 2. The van der Waals surface area contributed by atoms with Gasteiger partial charge in [-0.25, -0.2) is 4.39 Å². The van der Waals surface area contributed by atoms with Crippen LogP contribution in [0.4, 0.5) is 10.1 Å². The molecule has 0 bridgehead atoms. The lowest BCUT2D eigenvalue weighted by molar-refractivity contribution is 0.465. The molecule has 0 aliphatic rings. The molecule has 2 rings (SSSR count). The first-order chi connectivity index (χ1) is 8.99. The van der Waals surface area contributed by atoms with Gasteiger partial charge in [-0.1, -0.05) is 12.1 Å². The Morgan fingerprint density at radius 3 is 2.68 bits per heavy atom. The summed E-state index contributed by atoms with van der Waals surface area (Å²) in [6.45, 7) is 2.32. The second-order valence-electron chi connectivity index (χ2n) is 4.18. The number of halogens is 3. The lowest BCUT2D eigenvalue weighted by Gasteiger charge is -2.12. The Labute approximate surface area is 127 Å². The molecule has 19 heavy (non-hydrogen) atoms. The van der Waals surface area contributed by atoms with Crippen molar-refractivity contribution in [3.8, 4) is 5.75 Å². The Morgan fingerprint density at radius 1 is 1.21 bits per heavy atom. The lowest BCUT2D eigenvalue weighted by Crippen LogP contribution is -2.02. The van der Waals surface area contributed by atoms with E-state index in [1.54, 1.807) is 12.1 Å². The summed E-state index contributed by atoms with van der Waals surface area (Å²) in [6.07, 6.45) is 0. The summed E-state index contributed by atoms with van der Waals surface area (Å²) in [5.74, 6) is -0.114. The van der Waals surface area contributed by atoms with Gasteiger partial charge < -0.3 is 10.4 Å². The van der Waals surface area contributed by atoms with Crippen LogP contribution in [0.5, 0.6) is 5.75 Å². The Bertz CT molecular complexity index is 617. The van der Waals surface area contributed by atoms with E-state index in [-0.39, 0.29) is 11.6 Å². The highest BCUT2D eigenvalue weighted by Crippen LogP contribution is 2.29. The van der Waals surface area contributed by atoms with Gasteiger partial charge in [-0.05, 0) is 62.5 Å². The van der Waals surface area contributed by atoms with Crippen LogP contribution in [-0.2, 0) is 6.54 Å². The fourth-order valence-electron chi connectivity index (χ4n) is 1.73. The topological polar surface area (TPSA) is 32.3 Å². The van der Waals surface area contributed by atoms with E-state index in [1.165, 1.54) is 6.07 Å². The highest BCUT2D eigenvalue weighted by Gasteiger charge is 2.07. The second-order valence-corrected chi connectivity index (χ2v) is 5.89. The maximum Gasteiger partial charge on any atom is 0.139 e. The van der Waals surface area contributed by atoms with Crippen LogP contribution in [0.2, 0.25) is 0 Å². The minimum atomic E-state index is -0.313. The van der Waals surface area contributed by atoms with E-state index >= 15 is 0 Å². The number of hydrogen-bond donors (Lipinski definition) is 2. The smallest absolute Gasteiger partial charge is 0.139 e. The number of benzene rings is 2. The molecule has 0 aromatic heterocycles. The zero-order valence-corrected chi connectivity index (χ0v) is 13.3. The first-order valence-electron chi connectivity index (χ1n) is 5.65. The second kappa shape index (κ2) is 5.92. The molecule has 0 spiro atoms. The van der Waals surface area contributed by atoms with Gasteiger partial charge in [-0.3, -0.25) is 0 Å². The van der Waals surface area contributed by atoms with E-state index in [9.17, 15) is 9.50 Å². The molecule has 2 N–H and O–H groups in total. The molecule has 100 valence electrons. The molecule has 2 aromatic rings. The molecule has 0 aliphatic carbocycles. The molecule has 0 amide bonds. The molecule has 5 heteroatoms. The number of nitrogens with one attached hydrogen (secondary N) is 1. The normalized spacial score (nSPS) is 10.5. The van der Waals surface area contributed by atoms with Crippen molar-refractivity contribution in [1.82, 2.24) is 0 Å². The molecule has 0 radical (unpaired) electrons. The minimum absolute atomic E-state index is 0.199. The molecule has 2 nitrogen and oxygen atoms in total. The minimum Gasteiger partial charge on any atom is -0.506 e. The standard InChI is InChI=1S/C14H12Br2FNO/c1-8-5-11(16)12(17)6-13(8)18-7-9-3-2-4-10(15)14(9)19/h2-6,18-19H,7H2,1H3. The van der Waals surface area contributed by atoms with Crippen molar-refractivity contribution in [3.05, 3.63) is 56.2 Å². The third-order valence-electron chi connectivity index (χ3n) is 2.81. The number of phenolic OH excluding ortho intramolecular Hbond substituents is 1. The van der Waals surface area contributed by atoms with E-state index in [0.29, 0.717) is 21.2 Å². The SMILES string of the molecule is Cc1cc(Br)c(F)cc1NCc1cccc(Br)c1O. The highest BCUT2D eigenvalue weighted by atomic mass is 79.9. The van der Waals surface area contributed by atoms with Crippen LogP contribution < -0.4 is 5.32 Å². The number of para-hydroxylation sites is 1. The van der Waals surface area contributed by atoms with E-state index in [0.717, 1.165) is 11.1 Å². The fourth-order valence-corrected chi connectivity index (χ4v) is 2.59. The van der Waals surface area contributed by atoms with Crippen molar-refractivity contribution in [1.29, 1.82) is 0 Å². The number of phenols is 1. The van der Waals surface area contributed by atoms with Crippen molar-refractivity contribution in [3.63, 3.8) is 0 Å². The van der Waals surface area contributed by atoms with Crippen LogP contribution in [0.1, 0.15) is 11.1 Å². The molecular weight excluding hydrogens is 377 g/mol. The highest BCUT2D eigenvalue weighted by molar-refractivity contribution is 9.10. The van der Waals surface area contributed by atoms with Crippen molar-refractivity contribution in [2.24, 2.45) is 0 Å². The van der Waals surface area contributed by atoms with Gasteiger partial charge in [0.1, 0.15) is 11.6 Å². The van der Waals surface area contributed by atoms with Crippen LogP contribution in [-0.4, -0.2) is 5.11 Å². The molecule has 0 saturated heterocycles. The van der Waals surface area contributed by atoms with Crippen molar-refractivity contribution >= 4 is 37.5 Å². The Balaban J connectivity index is 2.19. The van der Waals surface area contributed by atoms with Crippen molar-refractivity contribution in [2.75, 3.05) is 5.32 Å². The summed E-state index contributed by atoms with van der Waals surface area (Å²) in [5, 5.41) is 13.0. The molecule has 2 aromatic carbocycles. The molecule has 0 unspecified atom stereocenters.